The monoisotopic (exact) mass is 497 g/mol. The number of hydrogen-bond donors (Lipinski definition) is 2. The molecule has 0 saturated heterocycles. The van der Waals surface area contributed by atoms with Crippen LogP contribution < -0.4 is 10.6 Å². The van der Waals surface area contributed by atoms with E-state index in [-0.39, 0.29) is 18.4 Å². The van der Waals surface area contributed by atoms with Crippen molar-refractivity contribution in [3.05, 3.63) is 48.0 Å². The third-order valence-corrected chi connectivity index (χ3v) is 5.81. The second-order valence-electron chi connectivity index (χ2n) is 9.92. The number of benzene rings is 1. The van der Waals surface area contributed by atoms with E-state index < -0.39 is 29.7 Å². The molecule has 0 saturated carbocycles. The van der Waals surface area contributed by atoms with Gasteiger partial charge in [0.1, 0.15) is 17.7 Å². The molecule has 1 rings (SSSR count). The summed E-state index contributed by atoms with van der Waals surface area (Å²) in [5.74, 6) is 1.68. The second-order valence-corrected chi connectivity index (χ2v) is 9.92. The quantitative estimate of drug-likeness (QED) is 0.229. The van der Waals surface area contributed by atoms with Crippen molar-refractivity contribution in [2.45, 2.75) is 84.9 Å². The molecule has 3 atom stereocenters. The Morgan fingerprint density at radius 3 is 2.42 bits per heavy atom. The maximum Gasteiger partial charge on any atom is 0.408 e. The SMILES string of the molecule is C#Cc1ccccc1C(C(=O)NCCCCC)N(CC=C)C(=O)C(NC(=O)OC(C)(C)C)C(C)CC. The third-order valence-electron chi connectivity index (χ3n) is 5.81. The van der Waals surface area contributed by atoms with Gasteiger partial charge < -0.3 is 20.3 Å². The number of hydrogen-bond acceptors (Lipinski definition) is 4. The molecule has 0 aromatic heterocycles. The molecule has 0 spiro atoms. The van der Waals surface area contributed by atoms with Crippen LogP contribution in [0.3, 0.4) is 0 Å². The zero-order valence-corrected chi connectivity index (χ0v) is 22.7. The van der Waals surface area contributed by atoms with Crippen LogP contribution in [0.15, 0.2) is 36.9 Å². The Kier molecular flexibility index (Phi) is 12.8. The molecule has 36 heavy (non-hydrogen) atoms. The van der Waals surface area contributed by atoms with Gasteiger partial charge in [0.05, 0.1) is 0 Å². The van der Waals surface area contributed by atoms with Gasteiger partial charge in [0.15, 0.2) is 0 Å². The predicted octanol–water partition coefficient (Wildman–Crippen LogP) is 4.97. The topological polar surface area (TPSA) is 87.7 Å². The highest BCUT2D eigenvalue weighted by molar-refractivity contribution is 5.92. The number of rotatable bonds is 13. The van der Waals surface area contributed by atoms with Crippen LogP contribution in [0, 0.1) is 18.3 Å². The van der Waals surface area contributed by atoms with Gasteiger partial charge in [0, 0.05) is 18.7 Å². The molecule has 3 unspecified atom stereocenters. The van der Waals surface area contributed by atoms with Gasteiger partial charge in [0.25, 0.3) is 0 Å². The molecule has 1 aromatic rings. The summed E-state index contributed by atoms with van der Waals surface area (Å²) in [6, 6.07) is 5.19. The lowest BCUT2D eigenvalue weighted by atomic mass is 9.94. The minimum atomic E-state index is -0.989. The molecule has 0 aliphatic carbocycles. The number of carbonyl (C=O) groups is 3. The maximum absolute atomic E-state index is 14.0. The van der Waals surface area contributed by atoms with Gasteiger partial charge in [0.2, 0.25) is 11.8 Å². The number of amides is 3. The molecule has 198 valence electrons. The van der Waals surface area contributed by atoms with Gasteiger partial charge in [-0.2, -0.15) is 0 Å². The first-order chi connectivity index (χ1) is 17.0. The van der Waals surface area contributed by atoms with Crippen molar-refractivity contribution in [2.24, 2.45) is 5.92 Å². The minimum Gasteiger partial charge on any atom is -0.444 e. The molecule has 1 aromatic carbocycles. The maximum atomic E-state index is 14.0. The van der Waals surface area contributed by atoms with Crippen molar-refractivity contribution in [1.29, 1.82) is 0 Å². The largest absolute Gasteiger partial charge is 0.444 e. The highest BCUT2D eigenvalue weighted by Gasteiger charge is 2.38. The molecular weight excluding hydrogens is 454 g/mol. The van der Waals surface area contributed by atoms with Crippen molar-refractivity contribution in [3.8, 4) is 12.3 Å². The van der Waals surface area contributed by atoms with Crippen LogP contribution in [-0.2, 0) is 14.3 Å². The van der Waals surface area contributed by atoms with Crippen LogP contribution in [0.1, 0.15) is 84.4 Å². The highest BCUT2D eigenvalue weighted by Crippen LogP contribution is 2.27. The summed E-state index contributed by atoms with van der Waals surface area (Å²) >= 11 is 0. The molecular formula is C29H43N3O4. The fourth-order valence-corrected chi connectivity index (χ4v) is 3.76. The van der Waals surface area contributed by atoms with E-state index in [1.165, 1.54) is 4.90 Å². The summed E-state index contributed by atoms with van der Waals surface area (Å²) in [5.41, 5.74) is 0.345. The molecule has 0 fully saturated rings. The zero-order chi connectivity index (χ0) is 27.3. The number of nitrogens with one attached hydrogen (secondary N) is 2. The van der Waals surface area contributed by atoms with Crippen molar-refractivity contribution < 1.29 is 19.1 Å². The van der Waals surface area contributed by atoms with E-state index in [0.717, 1.165) is 19.3 Å². The van der Waals surface area contributed by atoms with Crippen LogP contribution >= 0.6 is 0 Å². The van der Waals surface area contributed by atoms with Crippen LogP contribution in [0.2, 0.25) is 0 Å². The molecule has 7 heteroatoms. The van der Waals surface area contributed by atoms with Crippen molar-refractivity contribution in [3.63, 3.8) is 0 Å². The number of alkyl carbamates (subject to hydrolysis) is 1. The van der Waals surface area contributed by atoms with E-state index in [0.29, 0.717) is 24.1 Å². The fraction of sp³-hybridized carbons (Fsp3) is 0.552. The van der Waals surface area contributed by atoms with Gasteiger partial charge >= 0.3 is 6.09 Å². The Hall–Kier alpha value is -3.27. The van der Waals surface area contributed by atoms with E-state index in [1.54, 1.807) is 51.1 Å². The standard InChI is InChI=1S/C29H43N3O4/c1-9-13-16-19-30-26(33)25(23-18-15-14-17-22(23)12-4)32(20-10-2)27(34)24(21(5)11-3)31-28(35)36-29(6,7)8/h4,10,14-15,17-18,21,24-25H,2,9,11,13,16,19-20H2,1,3,5-8H3,(H,30,33)(H,31,35). The molecule has 7 nitrogen and oxygen atoms in total. The smallest absolute Gasteiger partial charge is 0.408 e. The molecule has 0 aliphatic heterocycles. The van der Waals surface area contributed by atoms with Gasteiger partial charge in [-0.05, 0) is 44.7 Å². The number of terminal acetylenes is 1. The molecule has 2 N–H and O–H groups in total. The lowest BCUT2D eigenvalue weighted by molar-refractivity contribution is -0.142. The average Bonchev–Trinajstić information content (AvgIpc) is 2.83. The number of carbonyl (C=O) groups excluding carboxylic acids is 3. The zero-order valence-electron chi connectivity index (χ0n) is 22.7. The van der Waals surface area contributed by atoms with Gasteiger partial charge in [-0.3, -0.25) is 9.59 Å². The molecule has 0 bridgehead atoms. The fourth-order valence-electron chi connectivity index (χ4n) is 3.76. The number of ether oxygens (including phenoxy) is 1. The summed E-state index contributed by atoms with van der Waals surface area (Å²) in [7, 11) is 0. The average molecular weight is 498 g/mol. The first-order valence-electron chi connectivity index (χ1n) is 12.7. The van der Waals surface area contributed by atoms with E-state index in [2.05, 4.69) is 30.1 Å². The Morgan fingerprint density at radius 1 is 1.19 bits per heavy atom. The van der Waals surface area contributed by atoms with E-state index >= 15 is 0 Å². The highest BCUT2D eigenvalue weighted by atomic mass is 16.6. The van der Waals surface area contributed by atoms with Crippen LogP contribution in [0.5, 0.6) is 0 Å². The summed E-state index contributed by atoms with van der Waals surface area (Å²) in [6.07, 6.45) is 10.1. The van der Waals surface area contributed by atoms with Gasteiger partial charge in [-0.15, -0.1) is 13.0 Å². The van der Waals surface area contributed by atoms with Gasteiger partial charge in [-0.1, -0.05) is 70.2 Å². The van der Waals surface area contributed by atoms with Crippen LogP contribution in [0.4, 0.5) is 4.79 Å². The molecule has 0 aliphatic rings. The third kappa shape index (κ3) is 9.41. The number of nitrogens with zero attached hydrogens (tertiary/aromatic N) is 1. The van der Waals surface area contributed by atoms with E-state index in [1.807, 2.05) is 13.8 Å². The minimum absolute atomic E-state index is 0.0910. The summed E-state index contributed by atoms with van der Waals surface area (Å²) in [4.78, 5) is 41.6. The molecule has 0 radical (unpaired) electrons. The summed E-state index contributed by atoms with van der Waals surface area (Å²) < 4.78 is 5.41. The Morgan fingerprint density at radius 2 is 1.86 bits per heavy atom. The second kappa shape index (κ2) is 15.0. The Balaban J connectivity index is 3.48. The Bertz CT molecular complexity index is 929. The van der Waals surface area contributed by atoms with Crippen molar-refractivity contribution in [1.82, 2.24) is 15.5 Å². The van der Waals surface area contributed by atoms with Crippen LogP contribution in [-0.4, -0.2) is 47.5 Å². The summed E-state index contributed by atoms with van der Waals surface area (Å²) in [5, 5.41) is 5.71. The lowest BCUT2D eigenvalue weighted by Crippen LogP contribution is -2.55. The first-order valence-corrected chi connectivity index (χ1v) is 12.7. The Labute approximate surface area is 217 Å². The van der Waals surface area contributed by atoms with E-state index in [4.69, 9.17) is 11.2 Å². The van der Waals surface area contributed by atoms with Crippen molar-refractivity contribution >= 4 is 17.9 Å². The predicted molar refractivity (Wildman–Crippen MR) is 144 cm³/mol. The number of unbranched alkanes of at least 4 members (excludes halogenated alkanes) is 2. The molecule has 0 heterocycles. The first kappa shape index (κ1) is 30.8. The van der Waals surface area contributed by atoms with Crippen LogP contribution in [0.25, 0.3) is 0 Å². The lowest BCUT2D eigenvalue weighted by Gasteiger charge is -2.35. The summed E-state index contributed by atoms with van der Waals surface area (Å²) in [6.45, 7) is 15.6. The normalized spacial score (nSPS) is 13.5. The van der Waals surface area contributed by atoms with Crippen molar-refractivity contribution in [2.75, 3.05) is 13.1 Å². The molecule has 3 amide bonds. The van der Waals surface area contributed by atoms with Gasteiger partial charge in [-0.25, -0.2) is 4.79 Å². The van der Waals surface area contributed by atoms with E-state index in [9.17, 15) is 14.4 Å².